The molecule has 0 saturated carbocycles. The quantitative estimate of drug-likeness (QED) is 0.373. The second kappa shape index (κ2) is 5.38. The zero-order valence-electron chi connectivity index (χ0n) is 9.48. The molecule has 0 aromatic heterocycles. The van der Waals surface area contributed by atoms with E-state index in [9.17, 15) is 25.2 Å². The second-order valence-corrected chi connectivity index (χ2v) is 4.13. The van der Waals surface area contributed by atoms with Crippen molar-refractivity contribution in [1.29, 1.82) is 0 Å². The molecule has 0 amide bonds. The SMILES string of the molecule is CCCC(=O)C1(O)OC(CO)C(O)C(O)C1O. The van der Waals surface area contributed by atoms with Gasteiger partial charge >= 0.3 is 0 Å². The average Bonchev–Trinajstić information content (AvgIpc) is 2.31. The topological polar surface area (TPSA) is 127 Å². The third-order valence-corrected chi connectivity index (χ3v) is 2.84. The summed E-state index contributed by atoms with van der Waals surface area (Å²) >= 11 is 0. The Kier molecular flexibility index (Phi) is 4.59. The molecule has 7 heteroatoms. The summed E-state index contributed by atoms with van der Waals surface area (Å²) in [6.07, 6.45) is -6.20. The van der Waals surface area contributed by atoms with Crippen molar-refractivity contribution in [1.82, 2.24) is 0 Å². The Labute approximate surface area is 98.3 Å². The van der Waals surface area contributed by atoms with Crippen LogP contribution in [0.5, 0.6) is 0 Å². The zero-order valence-corrected chi connectivity index (χ0v) is 9.48. The fraction of sp³-hybridized carbons (Fsp3) is 0.900. The van der Waals surface area contributed by atoms with Crippen LogP contribution in [0.4, 0.5) is 0 Å². The molecule has 0 radical (unpaired) electrons. The maximum atomic E-state index is 11.6. The Balaban J connectivity index is 2.94. The van der Waals surface area contributed by atoms with Gasteiger partial charge in [-0.3, -0.25) is 4.79 Å². The van der Waals surface area contributed by atoms with Gasteiger partial charge in [0, 0.05) is 6.42 Å². The molecule has 5 N–H and O–H groups in total. The molecule has 0 aromatic rings. The number of aliphatic hydroxyl groups is 5. The first-order valence-electron chi connectivity index (χ1n) is 5.47. The van der Waals surface area contributed by atoms with Gasteiger partial charge in [0.1, 0.15) is 24.4 Å². The Morgan fingerprint density at radius 1 is 1.29 bits per heavy atom. The lowest BCUT2D eigenvalue weighted by atomic mass is 9.89. The molecule has 0 aromatic carbocycles. The van der Waals surface area contributed by atoms with Crippen molar-refractivity contribution < 1.29 is 35.1 Å². The zero-order chi connectivity index (χ0) is 13.2. The van der Waals surface area contributed by atoms with Gasteiger partial charge < -0.3 is 30.3 Å². The summed E-state index contributed by atoms with van der Waals surface area (Å²) in [4.78, 5) is 11.6. The first kappa shape index (κ1) is 14.5. The number of ether oxygens (including phenoxy) is 1. The highest BCUT2D eigenvalue weighted by Gasteiger charge is 2.56. The van der Waals surface area contributed by atoms with Crippen LogP contribution in [0, 0.1) is 0 Å². The van der Waals surface area contributed by atoms with Crippen LogP contribution in [-0.4, -0.2) is 68.1 Å². The number of rotatable bonds is 4. The molecule has 100 valence electrons. The van der Waals surface area contributed by atoms with Gasteiger partial charge in [0.15, 0.2) is 5.78 Å². The van der Waals surface area contributed by atoms with Crippen LogP contribution in [0.25, 0.3) is 0 Å². The van der Waals surface area contributed by atoms with Crippen LogP contribution >= 0.6 is 0 Å². The van der Waals surface area contributed by atoms with E-state index in [4.69, 9.17) is 9.84 Å². The number of Topliss-reactive ketones (excluding diaryl/α,β-unsaturated/α-hetero) is 1. The van der Waals surface area contributed by atoms with E-state index in [-0.39, 0.29) is 6.42 Å². The van der Waals surface area contributed by atoms with Crippen molar-refractivity contribution in [3.63, 3.8) is 0 Å². The van der Waals surface area contributed by atoms with E-state index in [0.29, 0.717) is 6.42 Å². The molecule has 0 aliphatic carbocycles. The highest BCUT2D eigenvalue weighted by molar-refractivity contribution is 5.86. The molecule has 7 nitrogen and oxygen atoms in total. The molecule has 0 spiro atoms. The van der Waals surface area contributed by atoms with Gasteiger partial charge in [-0.2, -0.15) is 0 Å². The first-order valence-corrected chi connectivity index (χ1v) is 5.47. The van der Waals surface area contributed by atoms with E-state index in [1.165, 1.54) is 0 Å². The van der Waals surface area contributed by atoms with E-state index < -0.39 is 42.6 Å². The molecule has 1 saturated heterocycles. The Bertz CT molecular complexity index is 280. The second-order valence-electron chi connectivity index (χ2n) is 4.13. The van der Waals surface area contributed by atoms with Gasteiger partial charge in [-0.1, -0.05) is 6.92 Å². The van der Waals surface area contributed by atoms with Crippen LogP contribution in [0.1, 0.15) is 19.8 Å². The molecule has 5 atom stereocenters. The van der Waals surface area contributed by atoms with Gasteiger partial charge in [-0.15, -0.1) is 0 Å². The minimum absolute atomic E-state index is 0.0471. The number of hydrogen-bond donors (Lipinski definition) is 5. The lowest BCUT2D eigenvalue weighted by molar-refractivity contribution is -0.331. The lowest BCUT2D eigenvalue weighted by Crippen LogP contribution is -2.68. The van der Waals surface area contributed by atoms with Crippen molar-refractivity contribution in [3.05, 3.63) is 0 Å². The number of hydrogen-bond acceptors (Lipinski definition) is 7. The standard InChI is InChI=1S/C10H18O7/c1-2-3-6(12)10(16)9(15)8(14)7(13)5(4-11)17-10/h5,7-9,11,13-16H,2-4H2,1H3. The van der Waals surface area contributed by atoms with Gasteiger partial charge in [0.2, 0.25) is 0 Å². The van der Waals surface area contributed by atoms with Gasteiger partial charge in [-0.05, 0) is 6.42 Å². The smallest absolute Gasteiger partial charge is 0.256 e. The largest absolute Gasteiger partial charge is 0.394 e. The summed E-state index contributed by atoms with van der Waals surface area (Å²) in [6, 6.07) is 0. The minimum Gasteiger partial charge on any atom is -0.394 e. The lowest BCUT2D eigenvalue weighted by Gasteiger charge is -2.44. The third-order valence-electron chi connectivity index (χ3n) is 2.84. The van der Waals surface area contributed by atoms with Crippen LogP contribution in [0.3, 0.4) is 0 Å². The van der Waals surface area contributed by atoms with E-state index in [2.05, 4.69) is 0 Å². The van der Waals surface area contributed by atoms with Gasteiger partial charge in [-0.25, -0.2) is 0 Å². The highest BCUT2D eigenvalue weighted by atomic mass is 16.7. The highest BCUT2D eigenvalue weighted by Crippen LogP contribution is 2.29. The molecule has 1 aliphatic heterocycles. The maximum Gasteiger partial charge on any atom is 0.256 e. The van der Waals surface area contributed by atoms with Crippen molar-refractivity contribution in [2.75, 3.05) is 6.61 Å². The summed E-state index contributed by atoms with van der Waals surface area (Å²) in [5.74, 6) is -3.38. The molecule has 1 rings (SSSR count). The first-order chi connectivity index (χ1) is 7.88. The summed E-state index contributed by atoms with van der Waals surface area (Å²) in [5.41, 5.74) is 0. The van der Waals surface area contributed by atoms with Crippen LogP contribution < -0.4 is 0 Å². The fourth-order valence-corrected chi connectivity index (χ4v) is 1.79. The molecule has 1 heterocycles. The minimum atomic E-state index is -2.58. The van der Waals surface area contributed by atoms with E-state index in [0.717, 1.165) is 0 Å². The Hall–Kier alpha value is -0.570. The van der Waals surface area contributed by atoms with E-state index >= 15 is 0 Å². The third kappa shape index (κ3) is 2.49. The number of carbonyl (C=O) groups is 1. The average molecular weight is 250 g/mol. The maximum absolute atomic E-state index is 11.6. The summed E-state index contributed by atoms with van der Waals surface area (Å²) in [6.45, 7) is 1.01. The van der Waals surface area contributed by atoms with Gasteiger partial charge in [0.05, 0.1) is 6.61 Å². The predicted molar refractivity (Wildman–Crippen MR) is 54.8 cm³/mol. The molecule has 1 aliphatic rings. The molecular weight excluding hydrogens is 232 g/mol. The van der Waals surface area contributed by atoms with E-state index in [1.807, 2.05) is 0 Å². The number of ketones is 1. The molecule has 5 unspecified atom stereocenters. The summed E-state index contributed by atoms with van der Waals surface area (Å²) in [5, 5.41) is 47.4. The molecular formula is C10H18O7. The van der Waals surface area contributed by atoms with Crippen LogP contribution in [0.2, 0.25) is 0 Å². The molecule has 0 bridgehead atoms. The van der Waals surface area contributed by atoms with Crippen molar-refractivity contribution in [2.45, 2.75) is 50.0 Å². The molecule has 1 fully saturated rings. The fourth-order valence-electron chi connectivity index (χ4n) is 1.79. The number of carbonyl (C=O) groups excluding carboxylic acids is 1. The van der Waals surface area contributed by atoms with Crippen molar-refractivity contribution in [2.24, 2.45) is 0 Å². The van der Waals surface area contributed by atoms with Crippen LogP contribution in [-0.2, 0) is 9.53 Å². The summed E-state index contributed by atoms with van der Waals surface area (Å²) in [7, 11) is 0. The van der Waals surface area contributed by atoms with Crippen molar-refractivity contribution >= 4 is 5.78 Å². The monoisotopic (exact) mass is 250 g/mol. The summed E-state index contributed by atoms with van der Waals surface area (Å²) < 4.78 is 4.83. The predicted octanol–water partition coefficient (Wildman–Crippen LogP) is -2.48. The Morgan fingerprint density at radius 3 is 2.35 bits per heavy atom. The Morgan fingerprint density at radius 2 is 1.88 bits per heavy atom. The van der Waals surface area contributed by atoms with Crippen molar-refractivity contribution in [3.8, 4) is 0 Å². The normalized spacial score (nSPS) is 42.5. The number of aliphatic hydroxyl groups excluding tert-OH is 4. The van der Waals surface area contributed by atoms with E-state index in [1.54, 1.807) is 6.92 Å². The van der Waals surface area contributed by atoms with Crippen LogP contribution in [0.15, 0.2) is 0 Å². The van der Waals surface area contributed by atoms with Gasteiger partial charge in [0.25, 0.3) is 5.79 Å². The molecule has 17 heavy (non-hydrogen) atoms.